The third kappa shape index (κ3) is 5.55. The minimum Gasteiger partial charge on any atom is -0.342 e. The van der Waals surface area contributed by atoms with E-state index in [2.05, 4.69) is 25.7 Å². The van der Waals surface area contributed by atoms with Gasteiger partial charge in [-0.1, -0.05) is 49.4 Å². The number of hydrogen-bond acceptors (Lipinski definition) is 5. The molecule has 2 N–H and O–H groups in total. The van der Waals surface area contributed by atoms with Crippen LogP contribution in [0.2, 0.25) is 0 Å². The summed E-state index contributed by atoms with van der Waals surface area (Å²) in [6, 6.07) is 8.16. The zero-order valence-electron chi connectivity index (χ0n) is 19.9. The number of alkyl halides is 3. The number of nitrogens with zero attached hydrogens (tertiary/aromatic N) is 4. The first kappa shape index (κ1) is 25.3. The van der Waals surface area contributed by atoms with Gasteiger partial charge in [0, 0.05) is 18.2 Å². The number of likely N-dealkylation sites (tertiary alicyclic amines) is 1. The Kier molecular flexibility index (Phi) is 7.66. The second-order valence-corrected chi connectivity index (χ2v) is 9.10. The van der Waals surface area contributed by atoms with Gasteiger partial charge < -0.3 is 10.2 Å². The molecule has 0 radical (unpaired) electrons. The van der Waals surface area contributed by atoms with E-state index in [0.29, 0.717) is 16.8 Å². The molecule has 1 aliphatic rings. The van der Waals surface area contributed by atoms with Crippen molar-refractivity contribution >= 4 is 11.8 Å². The number of carbonyl (C=O) groups excluding carboxylic acids is 2. The van der Waals surface area contributed by atoms with E-state index in [1.807, 2.05) is 0 Å². The van der Waals surface area contributed by atoms with Crippen molar-refractivity contribution in [1.82, 2.24) is 30.6 Å². The number of amides is 2. The lowest BCUT2D eigenvalue weighted by Crippen LogP contribution is -2.47. The predicted octanol–water partition coefficient (Wildman–Crippen LogP) is 3.65. The van der Waals surface area contributed by atoms with Crippen molar-refractivity contribution in [2.75, 3.05) is 6.54 Å². The molecule has 36 heavy (non-hydrogen) atoms. The Hall–Kier alpha value is -3.76. The second-order valence-electron chi connectivity index (χ2n) is 9.10. The molecule has 3 heterocycles. The average Bonchev–Trinajstić information content (AvgIpc) is 3.52. The largest absolute Gasteiger partial charge is 0.342 e. The minimum atomic E-state index is -2.72. The topological polar surface area (TPSA) is 104 Å². The van der Waals surface area contributed by atoms with Crippen LogP contribution in [0, 0.1) is 0 Å². The van der Waals surface area contributed by atoms with Crippen LogP contribution in [0.1, 0.15) is 66.7 Å². The van der Waals surface area contributed by atoms with Gasteiger partial charge in [0.2, 0.25) is 11.8 Å². The number of halogens is 3. The molecular weight excluding hydrogens is 473 g/mol. The van der Waals surface area contributed by atoms with Crippen molar-refractivity contribution in [2.24, 2.45) is 0 Å². The Balaban J connectivity index is 1.62. The minimum absolute atomic E-state index is 0.110. The predicted molar refractivity (Wildman–Crippen MR) is 125 cm³/mol. The van der Waals surface area contributed by atoms with Crippen LogP contribution >= 0.6 is 0 Å². The van der Waals surface area contributed by atoms with Gasteiger partial charge in [-0.3, -0.25) is 19.7 Å². The maximum atomic E-state index is 14.4. The van der Waals surface area contributed by atoms with Crippen molar-refractivity contribution in [3.05, 3.63) is 76.9 Å². The molecule has 4 rings (SSSR count). The second kappa shape index (κ2) is 10.9. The van der Waals surface area contributed by atoms with E-state index in [1.54, 1.807) is 44.2 Å². The van der Waals surface area contributed by atoms with Crippen LogP contribution < -0.4 is 5.32 Å². The Morgan fingerprint density at radius 2 is 1.92 bits per heavy atom. The van der Waals surface area contributed by atoms with E-state index < -0.39 is 36.5 Å². The third-order valence-electron chi connectivity index (χ3n) is 6.24. The molecule has 0 spiro atoms. The third-order valence-corrected chi connectivity index (χ3v) is 6.24. The maximum absolute atomic E-state index is 14.4. The van der Waals surface area contributed by atoms with Gasteiger partial charge in [-0.15, -0.1) is 5.10 Å². The molecule has 11 heteroatoms. The van der Waals surface area contributed by atoms with E-state index in [0.717, 1.165) is 0 Å². The highest BCUT2D eigenvalue weighted by Crippen LogP contribution is 2.32. The van der Waals surface area contributed by atoms with E-state index in [9.17, 15) is 22.8 Å². The summed E-state index contributed by atoms with van der Waals surface area (Å²) >= 11 is 0. The van der Waals surface area contributed by atoms with Crippen LogP contribution in [0.25, 0.3) is 0 Å². The molecule has 0 saturated carbocycles. The highest BCUT2D eigenvalue weighted by Gasteiger charge is 2.40. The number of rotatable bonds is 8. The standard InChI is InChI=1S/C25H27F3N6O2/c1-14(2)19-12-29-20(10-18(19)24(27)28)23(15-6-4-3-5-7-15)31-25(36)21-8-16(26)13-34(21)22(35)9-17-11-30-33-32-17/h3-7,10-12,14,16,21,23-24H,8-9,13H2,1-2H3,(H,31,36)(H,30,32,33)/t16-,21+,23?/m1/s1. The number of H-pyrrole nitrogens is 1. The van der Waals surface area contributed by atoms with Gasteiger partial charge in [0.1, 0.15) is 12.2 Å². The zero-order chi connectivity index (χ0) is 25.8. The molecule has 3 atom stereocenters. The molecule has 1 saturated heterocycles. The van der Waals surface area contributed by atoms with Gasteiger partial charge in [0.05, 0.1) is 36.6 Å². The molecule has 1 fully saturated rings. The lowest BCUT2D eigenvalue weighted by molar-refractivity contribution is -0.138. The molecule has 190 valence electrons. The van der Waals surface area contributed by atoms with Crippen LogP contribution in [0.15, 0.2) is 48.8 Å². The lowest BCUT2D eigenvalue weighted by atomic mass is 9.95. The van der Waals surface area contributed by atoms with Gasteiger partial charge >= 0.3 is 0 Å². The first-order valence-electron chi connectivity index (χ1n) is 11.7. The van der Waals surface area contributed by atoms with Crippen molar-refractivity contribution in [1.29, 1.82) is 0 Å². The van der Waals surface area contributed by atoms with E-state index in [1.165, 1.54) is 23.4 Å². The molecule has 0 aliphatic carbocycles. The fourth-order valence-electron chi connectivity index (χ4n) is 4.42. The summed E-state index contributed by atoms with van der Waals surface area (Å²) in [6.45, 7) is 3.39. The van der Waals surface area contributed by atoms with Crippen LogP contribution in [0.5, 0.6) is 0 Å². The number of benzene rings is 1. The fraction of sp³-hybridized carbons (Fsp3) is 0.400. The van der Waals surface area contributed by atoms with Crippen molar-refractivity contribution < 1.29 is 22.8 Å². The maximum Gasteiger partial charge on any atom is 0.264 e. The summed E-state index contributed by atoms with van der Waals surface area (Å²) in [5.74, 6) is -1.20. The Labute approximate surface area is 206 Å². The summed E-state index contributed by atoms with van der Waals surface area (Å²) in [5.41, 5.74) is 1.56. The van der Waals surface area contributed by atoms with Crippen LogP contribution in [-0.2, 0) is 16.0 Å². The molecule has 1 aliphatic heterocycles. The average molecular weight is 501 g/mol. The van der Waals surface area contributed by atoms with Gasteiger partial charge in [-0.2, -0.15) is 0 Å². The van der Waals surface area contributed by atoms with Gasteiger partial charge in [-0.25, -0.2) is 13.2 Å². The van der Waals surface area contributed by atoms with Crippen LogP contribution in [0.4, 0.5) is 13.2 Å². The first-order chi connectivity index (χ1) is 17.2. The molecule has 2 aromatic heterocycles. The summed E-state index contributed by atoms with van der Waals surface area (Å²) in [6.07, 6.45) is -1.57. The zero-order valence-corrected chi connectivity index (χ0v) is 19.9. The van der Waals surface area contributed by atoms with Crippen molar-refractivity contribution in [3.63, 3.8) is 0 Å². The number of aromatic amines is 1. The number of nitrogens with one attached hydrogen (secondary N) is 2. The van der Waals surface area contributed by atoms with E-state index >= 15 is 0 Å². The number of pyridine rings is 1. The summed E-state index contributed by atoms with van der Waals surface area (Å²) < 4.78 is 42.1. The van der Waals surface area contributed by atoms with E-state index in [4.69, 9.17) is 0 Å². The fourth-order valence-corrected chi connectivity index (χ4v) is 4.42. The number of aromatic nitrogens is 4. The quantitative estimate of drug-likeness (QED) is 0.492. The molecular formula is C25H27F3N6O2. The summed E-state index contributed by atoms with van der Waals surface area (Å²) in [5, 5.41) is 12.6. The molecule has 1 unspecified atom stereocenters. The SMILES string of the molecule is CC(C)c1cnc(C(NC(=O)[C@@H]2C[C@@H](F)CN2C(=O)Cc2cnn[nH]2)c2ccccc2)cc1C(F)F. The van der Waals surface area contributed by atoms with Gasteiger partial charge in [-0.05, 0) is 23.1 Å². The van der Waals surface area contributed by atoms with Gasteiger partial charge in [0.25, 0.3) is 6.43 Å². The Morgan fingerprint density at radius 1 is 1.17 bits per heavy atom. The van der Waals surface area contributed by atoms with Crippen LogP contribution in [0.3, 0.4) is 0 Å². The highest BCUT2D eigenvalue weighted by atomic mass is 19.3. The molecule has 2 amide bonds. The molecule has 1 aromatic carbocycles. The monoisotopic (exact) mass is 500 g/mol. The number of hydrogen-bond donors (Lipinski definition) is 2. The summed E-state index contributed by atoms with van der Waals surface area (Å²) in [7, 11) is 0. The van der Waals surface area contributed by atoms with Gasteiger partial charge in [0.15, 0.2) is 0 Å². The molecule has 0 bridgehead atoms. The Morgan fingerprint density at radius 3 is 2.56 bits per heavy atom. The highest BCUT2D eigenvalue weighted by molar-refractivity contribution is 5.89. The lowest BCUT2D eigenvalue weighted by Gasteiger charge is -2.27. The smallest absolute Gasteiger partial charge is 0.264 e. The molecule has 3 aromatic rings. The van der Waals surface area contributed by atoms with Crippen molar-refractivity contribution in [2.45, 2.75) is 57.3 Å². The van der Waals surface area contributed by atoms with E-state index in [-0.39, 0.29) is 36.6 Å². The normalized spacial score (nSPS) is 18.6. The molecule has 8 nitrogen and oxygen atoms in total. The first-order valence-corrected chi connectivity index (χ1v) is 11.7. The Bertz CT molecular complexity index is 1190. The number of carbonyl (C=O) groups is 2. The van der Waals surface area contributed by atoms with Crippen molar-refractivity contribution in [3.8, 4) is 0 Å². The summed E-state index contributed by atoms with van der Waals surface area (Å²) in [4.78, 5) is 31.8. The van der Waals surface area contributed by atoms with Crippen LogP contribution in [-0.4, -0.2) is 55.9 Å².